The number of aryl methyl sites for hydroxylation is 1. The molecule has 3 N–H and O–H groups in total. The summed E-state index contributed by atoms with van der Waals surface area (Å²) in [6.07, 6.45) is 5.98. The minimum Gasteiger partial charge on any atom is -0.495 e. The van der Waals surface area contributed by atoms with Gasteiger partial charge in [-0.2, -0.15) is 0 Å². The molecule has 0 radical (unpaired) electrons. The second-order valence-corrected chi connectivity index (χ2v) is 11.7. The second-order valence-electron chi connectivity index (χ2n) is 9.82. The first kappa shape index (κ1) is 27.6. The first-order valence-corrected chi connectivity index (χ1v) is 15.1. The van der Waals surface area contributed by atoms with Crippen molar-refractivity contribution in [1.29, 1.82) is 0 Å². The first-order valence-electron chi connectivity index (χ1n) is 13.4. The van der Waals surface area contributed by atoms with Crippen LogP contribution in [-0.2, 0) is 10.0 Å². The van der Waals surface area contributed by atoms with E-state index in [1.54, 1.807) is 25.6 Å². The van der Waals surface area contributed by atoms with E-state index in [4.69, 9.17) is 14.5 Å². The predicted molar refractivity (Wildman–Crippen MR) is 158 cm³/mol. The Morgan fingerprint density at radius 2 is 2.00 bits per heavy atom. The summed E-state index contributed by atoms with van der Waals surface area (Å²) in [7, 11) is -1.88. The van der Waals surface area contributed by atoms with Crippen LogP contribution < -0.4 is 24.8 Å². The molecule has 1 atom stereocenters. The van der Waals surface area contributed by atoms with Crippen LogP contribution in [0.25, 0.3) is 22.0 Å². The van der Waals surface area contributed by atoms with Crippen molar-refractivity contribution in [1.82, 2.24) is 20.3 Å². The third-order valence-corrected chi connectivity index (χ3v) is 8.25. The number of nitrogens with zero attached hydrogens (tertiary/aromatic N) is 3. The number of aromatic nitrogens is 3. The number of benzene rings is 2. The van der Waals surface area contributed by atoms with Crippen LogP contribution in [0.5, 0.6) is 17.4 Å². The number of fused-ring (bicyclic) bond motifs is 1. The first-order chi connectivity index (χ1) is 19.4. The average molecular weight is 563 g/mol. The van der Waals surface area contributed by atoms with Gasteiger partial charge in [0.25, 0.3) is 0 Å². The van der Waals surface area contributed by atoms with Crippen molar-refractivity contribution < 1.29 is 17.9 Å². The second kappa shape index (κ2) is 12.1. The molecule has 1 aliphatic heterocycles. The fourth-order valence-corrected chi connectivity index (χ4v) is 5.95. The Balaban J connectivity index is 1.53. The summed E-state index contributed by atoms with van der Waals surface area (Å²) in [5.74, 6) is 2.07. The molecule has 0 aliphatic carbocycles. The lowest BCUT2D eigenvalue weighted by molar-refractivity contribution is 0.408. The van der Waals surface area contributed by atoms with Gasteiger partial charge in [0.05, 0.1) is 36.0 Å². The molecule has 1 fully saturated rings. The van der Waals surface area contributed by atoms with Crippen LogP contribution in [0.3, 0.4) is 0 Å². The Hall–Kier alpha value is -3.96. The lowest BCUT2D eigenvalue weighted by atomic mass is 10.0. The van der Waals surface area contributed by atoms with E-state index >= 15 is 0 Å². The molecular weight excluding hydrogens is 528 g/mol. The number of nitrogens with one attached hydrogen (secondary N) is 3. The van der Waals surface area contributed by atoms with Crippen LogP contribution in [-0.4, -0.2) is 55.4 Å². The van der Waals surface area contributed by atoms with Crippen LogP contribution in [0.1, 0.15) is 31.7 Å². The van der Waals surface area contributed by atoms with E-state index in [0.29, 0.717) is 46.7 Å². The topological polar surface area (TPSA) is 127 Å². The van der Waals surface area contributed by atoms with Crippen molar-refractivity contribution in [2.45, 2.75) is 39.2 Å². The van der Waals surface area contributed by atoms with Gasteiger partial charge in [0.1, 0.15) is 11.5 Å². The lowest BCUT2D eigenvalue weighted by Gasteiger charge is -2.23. The van der Waals surface area contributed by atoms with Gasteiger partial charge in [-0.1, -0.05) is 31.2 Å². The van der Waals surface area contributed by atoms with Crippen molar-refractivity contribution in [3.8, 4) is 28.6 Å². The van der Waals surface area contributed by atoms with Crippen molar-refractivity contribution in [3.63, 3.8) is 0 Å². The number of methoxy groups -OCH3 is 1. The Kier molecular flexibility index (Phi) is 8.32. The number of rotatable bonds is 10. The minimum atomic E-state index is -3.46. The summed E-state index contributed by atoms with van der Waals surface area (Å²) in [5, 5.41) is 8.30. The van der Waals surface area contributed by atoms with Gasteiger partial charge >= 0.3 is 0 Å². The van der Waals surface area contributed by atoms with Crippen molar-refractivity contribution >= 4 is 32.4 Å². The molecule has 1 saturated heterocycles. The number of piperidine rings is 1. The number of hydrogen-bond acceptors (Lipinski definition) is 9. The number of ether oxygens (including phenoxy) is 2. The maximum Gasteiger partial charge on any atom is 0.232 e. The molecule has 2 aromatic carbocycles. The molecule has 210 valence electrons. The molecule has 0 spiro atoms. The van der Waals surface area contributed by atoms with Gasteiger partial charge in [-0.25, -0.2) is 23.4 Å². The normalized spacial score (nSPS) is 15.5. The number of pyridine rings is 1. The Morgan fingerprint density at radius 3 is 2.77 bits per heavy atom. The van der Waals surface area contributed by atoms with E-state index in [9.17, 15) is 8.42 Å². The van der Waals surface area contributed by atoms with Gasteiger partial charge in [0.2, 0.25) is 21.9 Å². The van der Waals surface area contributed by atoms with E-state index in [0.717, 1.165) is 42.3 Å². The van der Waals surface area contributed by atoms with Crippen LogP contribution in [0, 0.1) is 6.92 Å². The van der Waals surface area contributed by atoms with Crippen molar-refractivity contribution in [3.05, 3.63) is 60.4 Å². The van der Waals surface area contributed by atoms with E-state index < -0.39 is 10.0 Å². The molecule has 0 amide bonds. The van der Waals surface area contributed by atoms with E-state index in [2.05, 4.69) is 25.3 Å². The average Bonchev–Trinajstić information content (AvgIpc) is 2.95. The highest BCUT2D eigenvalue weighted by Gasteiger charge is 2.19. The van der Waals surface area contributed by atoms with Gasteiger partial charge in [-0.05, 0) is 56.5 Å². The minimum absolute atomic E-state index is 0.0464. The highest BCUT2D eigenvalue weighted by atomic mass is 32.2. The molecule has 0 unspecified atom stereocenters. The standard InChI is InChI=1S/C29H34N6O4S/c1-4-15-40(36,37)35-26-9-5-8-23-22(26)11-10-19(2)27(23)39-28-24(16-21(38-3)18-32-28)25-12-14-31-29(34-25)33-20-7-6-13-30-17-20/h5,8-12,14,16,18,20,30,35H,4,6-7,13,15,17H2,1-3H3,(H,31,33,34)/t20-/m0/s1. The molecule has 4 aromatic rings. The van der Waals surface area contributed by atoms with Gasteiger partial charge in [-0.15, -0.1) is 0 Å². The SMILES string of the molecule is CCCS(=O)(=O)Nc1cccc2c(Oc3ncc(OC)cc3-c3ccnc(N[C@H]4CCCNC4)n3)c(C)ccc12. The zero-order chi connectivity index (χ0) is 28.1. The quantitative estimate of drug-likeness (QED) is 0.241. The molecule has 1 aliphatic rings. The molecule has 2 aromatic heterocycles. The molecule has 3 heterocycles. The van der Waals surface area contributed by atoms with Gasteiger partial charge in [0, 0.05) is 29.6 Å². The van der Waals surface area contributed by atoms with Crippen LogP contribution >= 0.6 is 0 Å². The zero-order valence-electron chi connectivity index (χ0n) is 22.9. The Labute approximate surface area is 234 Å². The lowest BCUT2D eigenvalue weighted by Crippen LogP contribution is -2.38. The van der Waals surface area contributed by atoms with Gasteiger partial charge in [-0.3, -0.25) is 4.72 Å². The third kappa shape index (κ3) is 6.26. The predicted octanol–water partition coefficient (Wildman–Crippen LogP) is 5.12. The van der Waals surface area contributed by atoms with E-state index in [-0.39, 0.29) is 11.8 Å². The van der Waals surface area contributed by atoms with Crippen molar-refractivity contribution in [2.75, 3.05) is 36.0 Å². The molecule has 0 saturated carbocycles. The highest BCUT2D eigenvalue weighted by Crippen LogP contribution is 2.39. The number of hydrogen-bond donors (Lipinski definition) is 3. The monoisotopic (exact) mass is 562 g/mol. The summed E-state index contributed by atoms with van der Waals surface area (Å²) in [4.78, 5) is 13.8. The highest BCUT2D eigenvalue weighted by molar-refractivity contribution is 7.92. The molecule has 10 nitrogen and oxygen atoms in total. The summed E-state index contributed by atoms with van der Waals surface area (Å²) in [5.41, 5.74) is 2.65. The van der Waals surface area contributed by atoms with Crippen LogP contribution in [0.4, 0.5) is 11.6 Å². The summed E-state index contributed by atoms with van der Waals surface area (Å²) in [6, 6.07) is 13.2. The van der Waals surface area contributed by atoms with E-state index in [1.165, 1.54) is 0 Å². The fourth-order valence-electron chi connectivity index (χ4n) is 4.79. The maximum absolute atomic E-state index is 12.5. The molecule has 40 heavy (non-hydrogen) atoms. The summed E-state index contributed by atoms with van der Waals surface area (Å²) in [6.45, 7) is 5.66. The summed E-state index contributed by atoms with van der Waals surface area (Å²) < 4.78 is 39.7. The van der Waals surface area contributed by atoms with Crippen LogP contribution in [0.2, 0.25) is 0 Å². The van der Waals surface area contributed by atoms with Gasteiger partial charge in [0.15, 0.2) is 0 Å². The number of sulfonamides is 1. The largest absolute Gasteiger partial charge is 0.495 e. The fraction of sp³-hybridized carbons (Fsp3) is 0.345. The van der Waals surface area contributed by atoms with Crippen molar-refractivity contribution in [2.24, 2.45) is 0 Å². The molecule has 11 heteroatoms. The molecule has 0 bridgehead atoms. The third-order valence-electron chi connectivity index (χ3n) is 6.77. The van der Waals surface area contributed by atoms with Gasteiger partial charge < -0.3 is 20.1 Å². The Bertz CT molecular complexity index is 1610. The molecular formula is C29H34N6O4S. The summed E-state index contributed by atoms with van der Waals surface area (Å²) >= 11 is 0. The smallest absolute Gasteiger partial charge is 0.232 e. The Morgan fingerprint density at radius 1 is 1.12 bits per heavy atom. The van der Waals surface area contributed by atoms with E-state index in [1.807, 2.05) is 50.2 Å². The zero-order valence-corrected chi connectivity index (χ0v) is 23.7. The van der Waals surface area contributed by atoms with Crippen LogP contribution in [0.15, 0.2) is 54.9 Å². The maximum atomic E-state index is 12.5. The molecule has 5 rings (SSSR count). The number of anilines is 2.